The molecule has 0 spiro atoms. The molecule has 112 valence electrons. The fourth-order valence-corrected chi connectivity index (χ4v) is 2.04. The minimum atomic E-state index is -4.25. The summed E-state index contributed by atoms with van der Waals surface area (Å²) in [6.07, 6.45) is -0.395. The van der Waals surface area contributed by atoms with Crippen molar-refractivity contribution >= 4 is 13.6 Å². The van der Waals surface area contributed by atoms with Crippen LogP contribution in [0.5, 0.6) is 5.75 Å². The fraction of sp³-hybridized carbons (Fsp3) is 0.417. The molecule has 0 bridgehead atoms. The first-order valence-electron chi connectivity index (χ1n) is 6.04. The van der Waals surface area contributed by atoms with E-state index in [2.05, 4.69) is 5.32 Å². The molecular weight excluding hydrogens is 285 g/mol. The average molecular weight is 303 g/mol. The second kappa shape index (κ2) is 7.40. The Balaban J connectivity index is 2.73. The van der Waals surface area contributed by atoms with E-state index in [1.165, 1.54) is 12.1 Å². The van der Waals surface area contributed by atoms with E-state index < -0.39 is 25.9 Å². The molecule has 0 aromatic heterocycles. The van der Waals surface area contributed by atoms with Gasteiger partial charge in [0.15, 0.2) is 0 Å². The van der Waals surface area contributed by atoms with Gasteiger partial charge >= 0.3 is 13.6 Å². The fourth-order valence-electron chi connectivity index (χ4n) is 1.58. The van der Waals surface area contributed by atoms with Crippen LogP contribution in [0.1, 0.15) is 12.5 Å². The van der Waals surface area contributed by atoms with Crippen LogP contribution < -0.4 is 5.32 Å². The highest BCUT2D eigenvalue weighted by Gasteiger charge is 2.23. The summed E-state index contributed by atoms with van der Waals surface area (Å²) in [5, 5.41) is 11.7. The van der Waals surface area contributed by atoms with Crippen LogP contribution in [-0.4, -0.2) is 39.8 Å². The molecule has 1 atom stereocenters. The lowest BCUT2D eigenvalue weighted by molar-refractivity contribution is -0.145. The van der Waals surface area contributed by atoms with Gasteiger partial charge in [-0.25, -0.2) is 0 Å². The summed E-state index contributed by atoms with van der Waals surface area (Å²) in [4.78, 5) is 29.4. The number of carbonyl (C=O) groups is 1. The van der Waals surface area contributed by atoms with Crippen LogP contribution in [0.2, 0.25) is 0 Å². The maximum atomic E-state index is 11.7. The number of phenols is 1. The SMILES string of the molecule is CCOC(=O)C(Cc1ccc(O)cc1)NCP(=O)(O)O. The van der Waals surface area contributed by atoms with Crippen LogP contribution >= 0.6 is 7.60 Å². The second-order valence-electron chi connectivity index (χ2n) is 4.20. The van der Waals surface area contributed by atoms with Crippen molar-refractivity contribution in [3.63, 3.8) is 0 Å². The van der Waals surface area contributed by atoms with E-state index in [-0.39, 0.29) is 18.8 Å². The van der Waals surface area contributed by atoms with Crippen molar-refractivity contribution in [2.75, 3.05) is 12.9 Å². The van der Waals surface area contributed by atoms with Crippen molar-refractivity contribution in [1.29, 1.82) is 0 Å². The highest BCUT2D eigenvalue weighted by atomic mass is 31.2. The van der Waals surface area contributed by atoms with Crippen LogP contribution in [0.3, 0.4) is 0 Å². The molecule has 1 aromatic carbocycles. The van der Waals surface area contributed by atoms with E-state index in [0.29, 0.717) is 0 Å². The van der Waals surface area contributed by atoms with E-state index >= 15 is 0 Å². The summed E-state index contributed by atoms with van der Waals surface area (Å²) in [5.41, 5.74) is 0.735. The van der Waals surface area contributed by atoms with Gasteiger partial charge in [0.1, 0.15) is 11.8 Å². The molecule has 0 aliphatic carbocycles. The van der Waals surface area contributed by atoms with Crippen LogP contribution in [0, 0.1) is 0 Å². The predicted molar refractivity (Wildman–Crippen MR) is 72.3 cm³/mol. The smallest absolute Gasteiger partial charge is 0.339 e. The van der Waals surface area contributed by atoms with E-state index in [0.717, 1.165) is 5.56 Å². The quantitative estimate of drug-likeness (QED) is 0.430. The van der Waals surface area contributed by atoms with Gasteiger partial charge in [0.2, 0.25) is 0 Å². The zero-order valence-electron chi connectivity index (χ0n) is 11.0. The zero-order chi connectivity index (χ0) is 15.2. The van der Waals surface area contributed by atoms with Crippen molar-refractivity contribution in [3.8, 4) is 5.75 Å². The first-order chi connectivity index (χ1) is 9.31. The van der Waals surface area contributed by atoms with E-state index in [4.69, 9.17) is 14.5 Å². The Morgan fingerprint density at radius 3 is 2.45 bits per heavy atom. The van der Waals surface area contributed by atoms with Crippen molar-refractivity contribution in [2.45, 2.75) is 19.4 Å². The van der Waals surface area contributed by atoms with Gasteiger partial charge < -0.3 is 19.6 Å². The third-order valence-corrected chi connectivity index (χ3v) is 3.09. The third-order valence-electron chi connectivity index (χ3n) is 2.49. The van der Waals surface area contributed by atoms with E-state index in [1.54, 1.807) is 19.1 Å². The standard InChI is InChI=1S/C12H18NO6P/c1-2-19-12(15)11(13-8-20(16,17)18)7-9-3-5-10(14)6-4-9/h3-6,11,13-14H,2,7-8H2,1H3,(H2,16,17,18). The summed E-state index contributed by atoms with van der Waals surface area (Å²) in [6, 6.07) is 5.34. The van der Waals surface area contributed by atoms with Gasteiger partial charge in [-0.3, -0.25) is 14.7 Å². The van der Waals surface area contributed by atoms with E-state index in [9.17, 15) is 14.5 Å². The Kier molecular flexibility index (Phi) is 6.16. The molecule has 1 aromatic rings. The third kappa shape index (κ3) is 6.16. The zero-order valence-corrected chi connectivity index (χ0v) is 11.9. The highest BCUT2D eigenvalue weighted by molar-refractivity contribution is 7.51. The lowest BCUT2D eigenvalue weighted by atomic mass is 10.1. The average Bonchev–Trinajstić information content (AvgIpc) is 2.36. The Morgan fingerprint density at radius 1 is 1.35 bits per heavy atom. The number of hydrogen-bond donors (Lipinski definition) is 4. The summed E-state index contributed by atoms with van der Waals surface area (Å²) in [6.45, 7) is 1.83. The van der Waals surface area contributed by atoms with Crippen LogP contribution in [0.15, 0.2) is 24.3 Å². The molecule has 7 nitrogen and oxygen atoms in total. The van der Waals surface area contributed by atoms with Gasteiger partial charge in [-0.05, 0) is 31.0 Å². The van der Waals surface area contributed by atoms with Gasteiger partial charge in [-0.15, -0.1) is 0 Å². The number of aromatic hydroxyl groups is 1. The van der Waals surface area contributed by atoms with Gasteiger partial charge in [-0.2, -0.15) is 0 Å². The molecule has 0 aliphatic rings. The van der Waals surface area contributed by atoms with Crippen molar-refractivity contribution in [3.05, 3.63) is 29.8 Å². The number of hydrogen-bond acceptors (Lipinski definition) is 5. The predicted octanol–water partition coefficient (Wildman–Crippen LogP) is 0.591. The molecule has 0 heterocycles. The lowest BCUT2D eigenvalue weighted by Gasteiger charge is -2.17. The van der Waals surface area contributed by atoms with Gasteiger partial charge in [-0.1, -0.05) is 12.1 Å². The van der Waals surface area contributed by atoms with Crippen LogP contribution in [0.4, 0.5) is 0 Å². The number of rotatable bonds is 7. The highest BCUT2D eigenvalue weighted by Crippen LogP contribution is 2.32. The topological polar surface area (TPSA) is 116 Å². The van der Waals surface area contributed by atoms with Gasteiger partial charge in [0, 0.05) is 0 Å². The van der Waals surface area contributed by atoms with Crippen LogP contribution in [0.25, 0.3) is 0 Å². The molecule has 1 unspecified atom stereocenters. The van der Waals surface area contributed by atoms with Gasteiger partial charge in [0.05, 0.1) is 12.9 Å². The molecule has 0 saturated heterocycles. The largest absolute Gasteiger partial charge is 0.508 e. The molecule has 0 amide bonds. The number of phenolic OH excluding ortho intramolecular Hbond substituents is 1. The maximum Gasteiger partial charge on any atom is 0.339 e. The summed E-state index contributed by atoms with van der Waals surface area (Å²) in [7, 11) is -4.25. The van der Waals surface area contributed by atoms with Crippen molar-refractivity contribution < 1.29 is 29.0 Å². The molecular formula is C12H18NO6P. The van der Waals surface area contributed by atoms with Crippen molar-refractivity contribution in [1.82, 2.24) is 5.32 Å². The second-order valence-corrected chi connectivity index (χ2v) is 5.85. The molecule has 0 fully saturated rings. The summed E-state index contributed by atoms with van der Waals surface area (Å²) < 4.78 is 15.7. The van der Waals surface area contributed by atoms with Gasteiger partial charge in [0.25, 0.3) is 0 Å². The number of nitrogens with one attached hydrogen (secondary N) is 1. The summed E-state index contributed by atoms with van der Waals surface area (Å²) >= 11 is 0. The minimum Gasteiger partial charge on any atom is -0.508 e. The number of esters is 1. The molecule has 4 N–H and O–H groups in total. The Bertz CT molecular complexity index is 483. The molecule has 20 heavy (non-hydrogen) atoms. The molecule has 8 heteroatoms. The summed E-state index contributed by atoms with van der Waals surface area (Å²) in [5.74, 6) is -0.473. The Labute approximate surface area is 116 Å². The Hall–Kier alpha value is -1.40. The lowest BCUT2D eigenvalue weighted by Crippen LogP contribution is -2.40. The number of carbonyl (C=O) groups excluding carboxylic acids is 1. The van der Waals surface area contributed by atoms with Crippen molar-refractivity contribution in [2.24, 2.45) is 0 Å². The number of ether oxygens (including phenoxy) is 1. The molecule has 0 saturated carbocycles. The molecule has 1 rings (SSSR count). The molecule has 0 aliphatic heterocycles. The first kappa shape index (κ1) is 16.7. The minimum absolute atomic E-state index is 0.101. The van der Waals surface area contributed by atoms with E-state index in [1.807, 2.05) is 0 Å². The first-order valence-corrected chi connectivity index (χ1v) is 7.84. The molecule has 0 radical (unpaired) electrons. The maximum absolute atomic E-state index is 11.7. The normalized spacial score (nSPS) is 12.9. The monoisotopic (exact) mass is 303 g/mol. The van der Waals surface area contributed by atoms with Crippen LogP contribution in [-0.2, 0) is 20.5 Å². The Morgan fingerprint density at radius 2 is 1.95 bits per heavy atom. The number of benzene rings is 1.